The molecule has 1 amide bonds. The van der Waals surface area contributed by atoms with Crippen molar-refractivity contribution in [3.05, 3.63) is 29.8 Å². The summed E-state index contributed by atoms with van der Waals surface area (Å²) in [7, 11) is -3.67. The summed E-state index contributed by atoms with van der Waals surface area (Å²) in [5.41, 5.74) is 1.45. The molecule has 0 bridgehead atoms. The number of rotatable bonds is 4. The molecular formula is C13H19N3O3S. The minimum Gasteiger partial charge on any atom is -0.324 e. The van der Waals surface area contributed by atoms with Gasteiger partial charge in [0.1, 0.15) is 6.04 Å². The molecule has 7 heteroatoms. The van der Waals surface area contributed by atoms with Gasteiger partial charge in [-0.15, -0.1) is 0 Å². The molecule has 2 rings (SSSR count). The van der Waals surface area contributed by atoms with E-state index >= 15 is 0 Å². The molecule has 2 N–H and O–H groups in total. The number of hydrogen-bond acceptors (Lipinski definition) is 3. The van der Waals surface area contributed by atoms with E-state index in [1.54, 1.807) is 13.0 Å². The lowest BCUT2D eigenvalue weighted by Gasteiger charge is -2.24. The maximum atomic E-state index is 12.3. The SMILES string of the molecule is CCCNS(=O)(=O)N1Cc2ccccc2NC(=O)C1C. The molecule has 1 heterocycles. The molecule has 1 aliphatic rings. The zero-order valence-electron chi connectivity index (χ0n) is 11.6. The molecule has 6 nitrogen and oxygen atoms in total. The van der Waals surface area contributed by atoms with Crippen molar-refractivity contribution in [3.63, 3.8) is 0 Å². The largest absolute Gasteiger partial charge is 0.324 e. The van der Waals surface area contributed by atoms with Gasteiger partial charge in [0, 0.05) is 18.8 Å². The number of fused-ring (bicyclic) bond motifs is 1. The highest BCUT2D eigenvalue weighted by molar-refractivity contribution is 7.87. The van der Waals surface area contributed by atoms with Crippen molar-refractivity contribution >= 4 is 21.8 Å². The van der Waals surface area contributed by atoms with E-state index in [1.807, 2.05) is 25.1 Å². The molecule has 0 saturated carbocycles. The molecule has 0 radical (unpaired) electrons. The lowest BCUT2D eigenvalue weighted by molar-refractivity contribution is -0.119. The average molecular weight is 297 g/mol. The lowest BCUT2D eigenvalue weighted by Crippen LogP contribution is -2.48. The number of nitrogens with zero attached hydrogens (tertiary/aromatic N) is 1. The van der Waals surface area contributed by atoms with Crippen molar-refractivity contribution in [2.75, 3.05) is 11.9 Å². The summed E-state index contributed by atoms with van der Waals surface area (Å²) in [6.45, 7) is 4.01. The van der Waals surface area contributed by atoms with Crippen LogP contribution in [0.1, 0.15) is 25.8 Å². The van der Waals surface area contributed by atoms with Gasteiger partial charge >= 0.3 is 0 Å². The second-order valence-corrected chi connectivity index (χ2v) is 6.47. The second-order valence-electron chi connectivity index (χ2n) is 4.77. The molecule has 1 atom stereocenters. The van der Waals surface area contributed by atoms with Gasteiger partial charge in [-0.1, -0.05) is 25.1 Å². The summed E-state index contributed by atoms with van der Waals surface area (Å²) >= 11 is 0. The molecule has 1 aromatic carbocycles. The van der Waals surface area contributed by atoms with Crippen molar-refractivity contribution in [3.8, 4) is 0 Å². The van der Waals surface area contributed by atoms with Gasteiger partial charge < -0.3 is 5.32 Å². The van der Waals surface area contributed by atoms with Crippen molar-refractivity contribution in [2.24, 2.45) is 0 Å². The van der Waals surface area contributed by atoms with E-state index in [2.05, 4.69) is 10.0 Å². The third-order valence-electron chi connectivity index (χ3n) is 3.26. The Hall–Kier alpha value is -1.44. The van der Waals surface area contributed by atoms with Crippen LogP contribution in [0.15, 0.2) is 24.3 Å². The molecule has 110 valence electrons. The Bertz CT molecular complexity index is 601. The predicted molar refractivity (Wildman–Crippen MR) is 77.3 cm³/mol. The average Bonchev–Trinajstić information content (AvgIpc) is 2.55. The van der Waals surface area contributed by atoms with Gasteiger partial charge in [-0.05, 0) is 25.0 Å². The van der Waals surface area contributed by atoms with Gasteiger partial charge in [0.2, 0.25) is 5.91 Å². The van der Waals surface area contributed by atoms with Gasteiger partial charge in [-0.3, -0.25) is 4.79 Å². The van der Waals surface area contributed by atoms with Gasteiger partial charge in [0.05, 0.1) is 0 Å². The highest BCUT2D eigenvalue weighted by atomic mass is 32.2. The van der Waals surface area contributed by atoms with Crippen LogP contribution < -0.4 is 10.0 Å². The molecule has 0 fully saturated rings. The maximum absolute atomic E-state index is 12.3. The quantitative estimate of drug-likeness (QED) is 0.872. The topological polar surface area (TPSA) is 78.5 Å². The maximum Gasteiger partial charge on any atom is 0.280 e. The first-order chi connectivity index (χ1) is 9.45. The Labute approximate surface area is 119 Å². The summed E-state index contributed by atoms with van der Waals surface area (Å²) in [6.07, 6.45) is 0.699. The fourth-order valence-corrected chi connectivity index (χ4v) is 3.51. The van der Waals surface area contributed by atoms with Gasteiger partial charge in [-0.2, -0.15) is 12.7 Å². The van der Waals surface area contributed by atoms with E-state index in [0.717, 1.165) is 5.56 Å². The number of anilines is 1. The summed E-state index contributed by atoms with van der Waals surface area (Å²) in [5.74, 6) is -0.322. The van der Waals surface area contributed by atoms with E-state index in [0.29, 0.717) is 18.7 Å². The Morgan fingerprint density at radius 3 is 2.80 bits per heavy atom. The van der Waals surface area contributed by atoms with E-state index in [-0.39, 0.29) is 12.5 Å². The van der Waals surface area contributed by atoms with Gasteiger partial charge in [0.25, 0.3) is 10.2 Å². The lowest BCUT2D eigenvalue weighted by atomic mass is 10.2. The first-order valence-corrected chi connectivity index (χ1v) is 8.05. The third kappa shape index (κ3) is 3.00. The van der Waals surface area contributed by atoms with Crippen LogP contribution in [0.4, 0.5) is 5.69 Å². The van der Waals surface area contributed by atoms with Gasteiger partial charge in [0.15, 0.2) is 0 Å². The van der Waals surface area contributed by atoms with E-state index in [1.165, 1.54) is 4.31 Å². The molecule has 1 unspecified atom stereocenters. The fraction of sp³-hybridized carbons (Fsp3) is 0.462. The third-order valence-corrected chi connectivity index (χ3v) is 4.89. The van der Waals surface area contributed by atoms with Crippen molar-refractivity contribution < 1.29 is 13.2 Å². The number of carbonyl (C=O) groups excluding carboxylic acids is 1. The zero-order chi connectivity index (χ0) is 14.8. The minimum absolute atomic E-state index is 0.176. The van der Waals surface area contributed by atoms with Crippen LogP contribution in [0.2, 0.25) is 0 Å². The van der Waals surface area contributed by atoms with Crippen LogP contribution in [0.25, 0.3) is 0 Å². The Morgan fingerprint density at radius 2 is 2.10 bits per heavy atom. The first-order valence-electron chi connectivity index (χ1n) is 6.61. The molecule has 0 saturated heterocycles. The number of carbonyl (C=O) groups is 1. The fourth-order valence-electron chi connectivity index (χ4n) is 2.06. The standard InChI is InChI=1S/C13H19N3O3S/c1-3-8-14-20(18,19)16-9-11-6-4-5-7-12(11)15-13(17)10(16)2/h4-7,10,14H,3,8-9H2,1-2H3,(H,15,17). The molecule has 0 spiro atoms. The molecule has 20 heavy (non-hydrogen) atoms. The zero-order valence-corrected chi connectivity index (χ0v) is 12.4. The van der Waals surface area contributed by atoms with Crippen LogP contribution in [0, 0.1) is 0 Å². The van der Waals surface area contributed by atoms with Crippen LogP contribution in [0.3, 0.4) is 0 Å². The van der Waals surface area contributed by atoms with Crippen molar-refractivity contribution in [2.45, 2.75) is 32.9 Å². The number of nitrogens with one attached hydrogen (secondary N) is 2. The van der Waals surface area contributed by atoms with Crippen molar-refractivity contribution in [1.82, 2.24) is 9.03 Å². The number of hydrogen-bond donors (Lipinski definition) is 2. The smallest absolute Gasteiger partial charge is 0.280 e. The highest BCUT2D eigenvalue weighted by Crippen LogP contribution is 2.24. The number of para-hydroxylation sites is 1. The number of amides is 1. The van der Waals surface area contributed by atoms with E-state index in [4.69, 9.17) is 0 Å². The number of benzene rings is 1. The molecular weight excluding hydrogens is 278 g/mol. The summed E-state index contributed by atoms with van der Waals surface area (Å²) in [6, 6.07) is 6.47. The minimum atomic E-state index is -3.67. The van der Waals surface area contributed by atoms with E-state index < -0.39 is 16.3 Å². The van der Waals surface area contributed by atoms with E-state index in [9.17, 15) is 13.2 Å². The Balaban J connectivity index is 2.35. The highest BCUT2D eigenvalue weighted by Gasteiger charge is 2.34. The van der Waals surface area contributed by atoms with Crippen LogP contribution in [-0.2, 0) is 21.5 Å². The normalized spacial score (nSPS) is 20.1. The second kappa shape index (κ2) is 5.90. The van der Waals surface area contributed by atoms with Crippen LogP contribution in [-0.4, -0.2) is 31.2 Å². The van der Waals surface area contributed by atoms with Crippen LogP contribution >= 0.6 is 0 Å². The first kappa shape index (κ1) is 15.0. The molecule has 1 aromatic rings. The Kier molecular flexibility index (Phi) is 4.42. The van der Waals surface area contributed by atoms with Gasteiger partial charge in [-0.25, -0.2) is 4.72 Å². The monoisotopic (exact) mass is 297 g/mol. The molecule has 0 aliphatic carbocycles. The molecule has 1 aliphatic heterocycles. The predicted octanol–water partition coefficient (Wildman–Crippen LogP) is 1.07. The summed E-state index contributed by atoms with van der Waals surface area (Å²) in [4.78, 5) is 12.1. The molecule has 0 aromatic heterocycles. The summed E-state index contributed by atoms with van der Waals surface area (Å²) < 4.78 is 28.3. The van der Waals surface area contributed by atoms with Crippen LogP contribution in [0.5, 0.6) is 0 Å². The van der Waals surface area contributed by atoms with Crippen molar-refractivity contribution in [1.29, 1.82) is 0 Å². The Morgan fingerprint density at radius 1 is 1.40 bits per heavy atom. The summed E-state index contributed by atoms with van der Waals surface area (Å²) in [5, 5.41) is 2.76.